The van der Waals surface area contributed by atoms with Gasteiger partial charge in [-0.3, -0.25) is 4.57 Å². The number of H-pyrrole nitrogens is 1. The van der Waals surface area contributed by atoms with Crippen LogP contribution >= 0.6 is 35.0 Å². The molecular formula is C14H15Cl2N3O2S. The quantitative estimate of drug-likeness (QED) is 0.831. The Balaban J connectivity index is 1.71. The normalized spacial score (nSPS) is 18.0. The molecule has 22 heavy (non-hydrogen) atoms. The fourth-order valence-corrected chi connectivity index (χ4v) is 3.86. The van der Waals surface area contributed by atoms with Crippen molar-refractivity contribution in [1.29, 1.82) is 0 Å². The second kappa shape index (κ2) is 7.08. The maximum absolute atomic E-state index is 11.9. The topological polar surface area (TPSA) is 59.9 Å². The number of nitrogens with zero attached hydrogens (tertiary/aromatic N) is 2. The number of halogens is 2. The van der Waals surface area contributed by atoms with Gasteiger partial charge in [0, 0.05) is 22.4 Å². The summed E-state index contributed by atoms with van der Waals surface area (Å²) < 4.78 is 7.21. The van der Waals surface area contributed by atoms with Gasteiger partial charge in [-0.2, -0.15) is 0 Å². The maximum Gasteiger partial charge on any atom is 0.344 e. The van der Waals surface area contributed by atoms with Crippen molar-refractivity contribution < 1.29 is 4.74 Å². The van der Waals surface area contributed by atoms with Crippen LogP contribution in [-0.2, 0) is 17.0 Å². The summed E-state index contributed by atoms with van der Waals surface area (Å²) in [5.41, 5.74) is 0.746. The molecule has 1 atom stereocenters. The highest BCUT2D eigenvalue weighted by molar-refractivity contribution is 7.98. The van der Waals surface area contributed by atoms with Crippen molar-refractivity contribution in [3.8, 4) is 0 Å². The summed E-state index contributed by atoms with van der Waals surface area (Å²) in [4.78, 5) is 11.9. The van der Waals surface area contributed by atoms with Crippen molar-refractivity contribution in [2.24, 2.45) is 0 Å². The van der Waals surface area contributed by atoms with Gasteiger partial charge in [-0.25, -0.2) is 9.89 Å². The number of rotatable bonds is 5. The summed E-state index contributed by atoms with van der Waals surface area (Å²) in [6, 6.07) is 5.39. The Kier molecular flexibility index (Phi) is 5.13. The lowest BCUT2D eigenvalue weighted by atomic mass is 10.2. The van der Waals surface area contributed by atoms with E-state index in [1.54, 1.807) is 16.7 Å². The molecule has 1 fully saturated rings. The summed E-state index contributed by atoms with van der Waals surface area (Å²) in [5.74, 6) is 0.617. The first-order chi connectivity index (χ1) is 10.6. The highest BCUT2D eigenvalue weighted by Gasteiger charge is 2.19. The van der Waals surface area contributed by atoms with E-state index in [9.17, 15) is 4.79 Å². The van der Waals surface area contributed by atoms with Crippen LogP contribution in [0.15, 0.2) is 28.2 Å². The SMILES string of the molecule is O=c1[nH]nc(SCc2ccc(Cl)cc2Cl)n1C[C@@H]1CCCO1. The van der Waals surface area contributed by atoms with Crippen molar-refractivity contribution >= 4 is 35.0 Å². The van der Waals surface area contributed by atoms with E-state index in [4.69, 9.17) is 27.9 Å². The lowest BCUT2D eigenvalue weighted by Gasteiger charge is -2.11. The molecule has 1 aliphatic heterocycles. The van der Waals surface area contributed by atoms with Gasteiger partial charge in [-0.1, -0.05) is 41.0 Å². The zero-order valence-electron chi connectivity index (χ0n) is 11.7. The number of hydrogen-bond donors (Lipinski definition) is 1. The predicted molar refractivity (Wildman–Crippen MR) is 87.8 cm³/mol. The first kappa shape index (κ1) is 15.9. The van der Waals surface area contributed by atoms with E-state index in [0.29, 0.717) is 27.5 Å². The molecule has 0 saturated carbocycles. The average Bonchev–Trinajstić information content (AvgIpc) is 3.11. The number of ether oxygens (including phenoxy) is 1. The minimum absolute atomic E-state index is 0.0915. The van der Waals surface area contributed by atoms with Gasteiger partial charge in [-0.15, -0.1) is 5.10 Å². The van der Waals surface area contributed by atoms with Crippen LogP contribution in [-0.4, -0.2) is 27.5 Å². The molecule has 2 heterocycles. The molecule has 0 radical (unpaired) electrons. The van der Waals surface area contributed by atoms with Crippen LogP contribution in [0.4, 0.5) is 0 Å². The molecule has 0 bridgehead atoms. The molecule has 3 rings (SSSR count). The molecule has 0 spiro atoms. The second-order valence-electron chi connectivity index (χ2n) is 5.08. The van der Waals surface area contributed by atoms with E-state index in [1.807, 2.05) is 6.07 Å². The van der Waals surface area contributed by atoms with Gasteiger partial charge in [0.25, 0.3) is 0 Å². The van der Waals surface area contributed by atoms with Gasteiger partial charge < -0.3 is 4.74 Å². The van der Waals surface area contributed by atoms with E-state index >= 15 is 0 Å². The molecule has 118 valence electrons. The van der Waals surface area contributed by atoms with Gasteiger partial charge in [-0.05, 0) is 30.5 Å². The van der Waals surface area contributed by atoms with Gasteiger partial charge in [0.2, 0.25) is 0 Å². The fourth-order valence-electron chi connectivity index (χ4n) is 2.35. The number of hydrogen-bond acceptors (Lipinski definition) is 4. The molecule has 0 unspecified atom stereocenters. The van der Waals surface area contributed by atoms with Crippen LogP contribution < -0.4 is 5.69 Å². The number of aromatic nitrogens is 3. The van der Waals surface area contributed by atoms with Gasteiger partial charge in [0.05, 0.1) is 12.6 Å². The monoisotopic (exact) mass is 359 g/mol. The predicted octanol–water partition coefficient (Wildman–Crippen LogP) is 3.35. The van der Waals surface area contributed by atoms with E-state index in [1.165, 1.54) is 11.8 Å². The summed E-state index contributed by atoms with van der Waals surface area (Å²) in [5, 5.41) is 8.45. The van der Waals surface area contributed by atoms with Crippen LogP contribution in [0.1, 0.15) is 18.4 Å². The number of aromatic amines is 1. The van der Waals surface area contributed by atoms with Crippen molar-refractivity contribution in [3.63, 3.8) is 0 Å². The third-order valence-corrected chi connectivity index (χ3v) is 5.12. The summed E-state index contributed by atoms with van der Waals surface area (Å²) in [6.45, 7) is 1.30. The minimum atomic E-state index is -0.208. The van der Waals surface area contributed by atoms with E-state index in [2.05, 4.69) is 10.2 Å². The van der Waals surface area contributed by atoms with Gasteiger partial charge >= 0.3 is 5.69 Å². The molecular weight excluding hydrogens is 345 g/mol. The summed E-state index contributed by atoms with van der Waals surface area (Å²) >= 11 is 13.5. The van der Waals surface area contributed by atoms with Crippen LogP contribution in [0.25, 0.3) is 0 Å². The van der Waals surface area contributed by atoms with Gasteiger partial charge in [0.1, 0.15) is 0 Å². The van der Waals surface area contributed by atoms with Crippen LogP contribution in [0.3, 0.4) is 0 Å². The Morgan fingerprint density at radius 3 is 3.05 bits per heavy atom. The van der Waals surface area contributed by atoms with Crippen molar-refractivity contribution in [2.45, 2.75) is 36.4 Å². The van der Waals surface area contributed by atoms with Crippen LogP contribution in [0.5, 0.6) is 0 Å². The minimum Gasteiger partial charge on any atom is -0.376 e. The Hall–Kier alpha value is -0.950. The zero-order chi connectivity index (χ0) is 15.5. The zero-order valence-corrected chi connectivity index (χ0v) is 14.0. The molecule has 5 nitrogen and oxygen atoms in total. The molecule has 2 aromatic rings. The highest BCUT2D eigenvalue weighted by atomic mass is 35.5. The highest BCUT2D eigenvalue weighted by Crippen LogP contribution is 2.27. The van der Waals surface area contributed by atoms with Crippen LogP contribution in [0.2, 0.25) is 10.0 Å². The Morgan fingerprint density at radius 1 is 1.45 bits per heavy atom. The van der Waals surface area contributed by atoms with E-state index in [0.717, 1.165) is 25.0 Å². The maximum atomic E-state index is 11.9. The summed E-state index contributed by atoms with van der Waals surface area (Å²) in [7, 11) is 0. The van der Waals surface area contributed by atoms with Crippen LogP contribution in [0, 0.1) is 0 Å². The average molecular weight is 360 g/mol. The Labute approximate surface area is 142 Å². The van der Waals surface area contributed by atoms with E-state index < -0.39 is 0 Å². The Morgan fingerprint density at radius 2 is 2.32 bits per heavy atom. The molecule has 1 aromatic heterocycles. The fraction of sp³-hybridized carbons (Fsp3) is 0.429. The van der Waals surface area contributed by atoms with Crippen molar-refractivity contribution in [3.05, 3.63) is 44.3 Å². The smallest absolute Gasteiger partial charge is 0.344 e. The van der Waals surface area contributed by atoms with Gasteiger partial charge in [0.15, 0.2) is 5.16 Å². The van der Waals surface area contributed by atoms with Crippen molar-refractivity contribution in [1.82, 2.24) is 14.8 Å². The molecule has 1 N–H and O–H groups in total. The number of thioether (sulfide) groups is 1. The second-order valence-corrected chi connectivity index (χ2v) is 6.87. The number of nitrogens with one attached hydrogen (secondary N) is 1. The summed E-state index contributed by atoms with van der Waals surface area (Å²) in [6.07, 6.45) is 2.11. The molecule has 8 heteroatoms. The first-order valence-corrected chi connectivity index (χ1v) is 8.71. The molecule has 1 aliphatic rings. The third-order valence-electron chi connectivity index (χ3n) is 3.51. The largest absolute Gasteiger partial charge is 0.376 e. The standard InChI is InChI=1S/C14H15Cl2N3O2S/c15-10-4-3-9(12(16)6-10)8-22-14-18-17-13(20)19(14)7-11-2-1-5-21-11/h3-4,6,11H,1-2,5,7-8H2,(H,17,20)/t11-/m0/s1. The van der Waals surface area contributed by atoms with Crippen molar-refractivity contribution in [2.75, 3.05) is 6.61 Å². The first-order valence-electron chi connectivity index (χ1n) is 6.97. The van der Waals surface area contributed by atoms with E-state index in [-0.39, 0.29) is 11.8 Å². The lowest BCUT2D eigenvalue weighted by molar-refractivity contribution is 0.0941. The molecule has 1 saturated heterocycles. The lowest BCUT2D eigenvalue weighted by Crippen LogP contribution is -2.24. The molecule has 0 amide bonds. The molecule has 0 aliphatic carbocycles. The number of benzene rings is 1. The molecule has 1 aromatic carbocycles. The Bertz CT molecular complexity index is 710. The third kappa shape index (κ3) is 3.68.